The van der Waals surface area contributed by atoms with Crippen molar-refractivity contribution >= 4 is 11.4 Å². The van der Waals surface area contributed by atoms with Crippen molar-refractivity contribution in [3.05, 3.63) is 47.6 Å². The summed E-state index contributed by atoms with van der Waals surface area (Å²) < 4.78 is 0. The standard InChI is InChI=1S/C21H31N5O/c1-7-13(3)11-17(15(5)27)21-25-19(18(12-22)20(23)26-21)16(8-2)10-9-14(4)24-6/h11,14,16,24,27H,3,5,7-10H2,1-2,4,6H3,(H2,23,25,26)/b17-11+. The first-order chi connectivity index (χ1) is 12.8. The quantitative estimate of drug-likeness (QED) is 0.421. The molecule has 0 aliphatic heterocycles. The number of nitriles is 1. The molecule has 146 valence electrons. The Balaban J connectivity index is 3.47. The van der Waals surface area contributed by atoms with Gasteiger partial charge in [0.15, 0.2) is 5.82 Å². The van der Waals surface area contributed by atoms with E-state index in [0.717, 1.165) is 31.3 Å². The van der Waals surface area contributed by atoms with Gasteiger partial charge < -0.3 is 16.2 Å². The molecular formula is C21H31N5O. The minimum absolute atomic E-state index is 0.0714. The highest BCUT2D eigenvalue weighted by atomic mass is 16.3. The molecule has 1 aromatic rings. The second-order valence-corrected chi connectivity index (χ2v) is 6.69. The molecular weight excluding hydrogens is 338 g/mol. The summed E-state index contributed by atoms with van der Waals surface area (Å²) in [6, 6.07) is 2.50. The molecule has 0 saturated carbocycles. The van der Waals surface area contributed by atoms with E-state index < -0.39 is 0 Å². The summed E-state index contributed by atoms with van der Waals surface area (Å²) in [4.78, 5) is 8.87. The average Bonchev–Trinajstić information content (AvgIpc) is 2.65. The second-order valence-electron chi connectivity index (χ2n) is 6.69. The van der Waals surface area contributed by atoms with Crippen LogP contribution in [0.25, 0.3) is 5.57 Å². The molecule has 4 N–H and O–H groups in total. The predicted molar refractivity (Wildman–Crippen MR) is 111 cm³/mol. The Bertz CT molecular complexity index is 761. The van der Waals surface area contributed by atoms with Crippen molar-refractivity contribution in [2.24, 2.45) is 0 Å². The van der Waals surface area contributed by atoms with Crippen molar-refractivity contribution in [1.29, 1.82) is 5.26 Å². The molecule has 1 rings (SSSR count). The van der Waals surface area contributed by atoms with E-state index in [9.17, 15) is 10.4 Å². The van der Waals surface area contributed by atoms with Crippen molar-refractivity contribution in [2.75, 3.05) is 12.8 Å². The Morgan fingerprint density at radius 2 is 2.00 bits per heavy atom. The van der Waals surface area contributed by atoms with E-state index in [4.69, 9.17) is 5.73 Å². The highest BCUT2D eigenvalue weighted by Crippen LogP contribution is 2.31. The van der Waals surface area contributed by atoms with Crippen LogP contribution in [0.3, 0.4) is 0 Å². The van der Waals surface area contributed by atoms with E-state index in [2.05, 4.69) is 48.4 Å². The lowest BCUT2D eigenvalue weighted by molar-refractivity contribution is 0.439. The molecule has 0 saturated heterocycles. The molecule has 0 radical (unpaired) electrons. The molecule has 6 nitrogen and oxygen atoms in total. The highest BCUT2D eigenvalue weighted by Gasteiger charge is 2.22. The largest absolute Gasteiger partial charge is 0.508 e. The molecule has 0 amide bonds. The van der Waals surface area contributed by atoms with Crippen molar-refractivity contribution in [2.45, 2.75) is 58.4 Å². The van der Waals surface area contributed by atoms with Crippen LogP contribution in [-0.4, -0.2) is 28.2 Å². The number of nitrogens with two attached hydrogens (primary N) is 1. The van der Waals surface area contributed by atoms with E-state index in [-0.39, 0.29) is 23.3 Å². The number of nitrogens with zero attached hydrogens (tertiary/aromatic N) is 3. The zero-order chi connectivity index (χ0) is 20.6. The molecule has 0 aliphatic carbocycles. The monoisotopic (exact) mass is 369 g/mol. The minimum Gasteiger partial charge on any atom is -0.508 e. The summed E-state index contributed by atoms with van der Waals surface area (Å²) in [5.41, 5.74) is 8.17. The van der Waals surface area contributed by atoms with Gasteiger partial charge in [-0.3, -0.25) is 0 Å². The summed E-state index contributed by atoms with van der Waals surface area (Å²) in [7, 11) is 1.93. The first-order valence-electron chi connectivity index (χ1n) is 9.31. The van der Waals surface area contributed by atoms with Gasteiger partial charge in [0.2, 0.25) is 0 Å². The number of aliphatic hydroxyl groups is 1. The number of allylic oxidation sites excluding steroid dienone is 3. The van der Waals surface area contributed by atoms with E-state index in [1.54, 1.807) is 6.08 Å². The summed E-state index contributed by atoms with van der Waals surface area (Å²) in [5.74, 6) is 0.300. The average molecular weight is 370 g/mol. The maximum Gasteiger partial charge on any atom is 0.165 e. The van der Waals surface area contributed by atoms with E-state index >= 15 is 0 Å². The Labute approximate surface area is 162 Å². The van der Waals surface area contributed by atoms with Crippen LogP contribution in [0.4, 0.5) is 5.82 Å². The van der Waals surface area contributed by atoms with Gasteiger partial charge in [0.25, 0.3) is 0 Å². The van der Waals surface area contributed by atoms with E-state index in [1.165, 1.54) is 0 Å². The van der Waals surface area contributed by atoms with Crippen LogP contribution in [0.5, 0.6) is 0 Å². The zero-order valence-electron chi connectivity index (χ0n) is 16.8. The third kappa shape index (κ3) is 5.93. The van der Waals surface area contributed by atoms with Gasteiger partial charge in [-0.15, -0.1) is 0 Å². The van der Waals surface area contributed by atoms with Gasteiger partial charge >= 0.3 is 0 Å². The first-order valence-corrected chi connectivity index (χ1v) is 9.31. The summed E-state index contributed by atoms with van der Waals surface area (Å²) in [6.45, 7) is 13.7. The molecule has 1 heterocycles. The third-order valence-corrected chi connectivity index (χ3v) is 4.75. The van der Waals surface area contributed by atoms with Crippen molar-refractivity contribution in [1.82, 2.24) is 15.3 Å². The number of aromatic nitrogens is 2. The second kappa shape index (κ2) is 10.5. The fourth-order valence-corrected chi connectivity index (χ4v) is 2.74. The maximum absolute atomic E-state index is 10.0. The Morgan fingerprint density at radius 3 is 2.48 bits per heavy atom. The van der Waals surface area contributed by atoms with Gasteiger partial charge in [0, 0.05) is 12.0 Å². The third-order valence-electron chi connectivity index (χ3n) is 4.75. The van der Waals surface area contributed by atoms with Crippen LogP contribution < -0.4 is 11.1 Å². The SMILES string of the molecule is C=C(/C=C(\C(=C)O)c1nc(N)c(C#N)c(C(CC)CCC(C)NC)n1)CC. The highest BCUT2D eigenvalue weighted by molar-refractivity contribution is 5.75. The lowest BCUT2D eigenvalue weighted by Gasteiger charge is -2.20. The van der Waals surface area contributed by atoms with Crippen molar-refractivity contribution < 1.29 is 5.11 Å². The molecule has 27 heavy (non-hydrogen) atoms. The Hall–Kier alpha value is -2.65. The van der Waals surface area contributed by atoms with Crippen LogP contribution in [0.15, 0.2) is 30.6 Å². The molecule has 2 atom stereocenters. The summed E-state index contributed by atoms with van der Waals surface area (Å²) in [6.07, 6.45) is 5.05. The summed E-state index contributed by atoms with van der Waals surface area (Å²) in [5, 5.41) is 22.8. The summed E-state index contributed by atoms with van der Waals surface area (Å²) >= 11 is 0. The van der Waals surface area contributed by atoms with Crippen LogP contribution in [-0.2, 0) is 0 Å². The van der Waals surface area contributed by atoms with Gasteiger partial charge in [-0.1, -0.05) is 32.6 Å². The predicted octanol–water partition coefficient (Wildman–Crippen LogP) is 4.23. The molecule has 2 unspecified atom stereocenters. The van der Waals surface area contributed by atoms with Crippen LogP contribution in [0.1, 0.15) is 69.5 Å². The fraction of sp³-hybridized carbons (Fsp3) is 0.476. The fourth-order valence-electron chi connectivity index (χ4n) is 2.74. The van der Waals surface area contributed by atoms with Gasteiger partial charge in [-0.25, -0.2) is 9.97 Å². The normalized spacial score (nSPS) is 13.7. The molecule has 0 aliphatic rings. The Kier molecular flexibility index (Phi) is 8.70. The van der Waals surface area contributed by atoms with Crippen LogP contribution >= 0.6 is 0 Å². The lowest BCUT2D eigenvalue weighted by atomic mass is 9.91. The molecule has 0 bridgehead atoms. The number of nitrogen functional groups attached to an aromatic ring is 1. The number of rotatable bonds is 10. The van der Waals surface area contributed by atoms with E-state index in [0.29, 0.717) is 22.9 Å². The maximum atomic E-state index is 10.0. The van der Waals surface area contributed by atoms with Gasteiger partial charge in [-0.05, 0) is 45.7 Å². The molecule has 6 heteroatoms. The van der Waals surface area contributed by atoms with Crippen LogP contribution in [0.2, 0.25) is 0 Å². The molecule has 1 aromatic heterocycles. The Morgan fingerprint density at radius 1 is 1.33 bits per heavy atom. The molecule has 0 aromatic carbocycles. The van der Waals surface area contributed by atoms with Crippen molar-refractivity contribution in [3.8, 4) is 6.07 Å². The number of anilines is 1. The first kappa shape index (κ1) is 22.4. The number of nitrogens with one attached hydrogen (secondary N) is 1. The van der Waals surface area contributed by atoms with E-state index in [1.807, 2.05) is 14.0 Å². The van der Waals surface area contributed by atoms with Gasteiger partial charge in [-0.2, -0.15) is 5.26 Å². The minimum atomic E-state index is -0.156. The molecule has 0 fully saturated rings. The number of hydrogen-bond donors (Lipinski definition) is 3. The smallest absolute Gasteiger partial charge is 0.165 e. The number of hydrogen-bond acceptors (Lipinski definition) is 6. The topological polar surface area (TPSA) is 108 Å². The molecule has 0 spiro atoms. The van der Waals surface area contributed by atoms with Crippen LogP contribution in [0, 0.1) is 11.3 Å². The van der Waals surface area contributed by atoms with Crippen molar-refractivity contribution in [3.63, 3.8) is 0 Å². The van der Waals surface area contributed by atoms with Gasteiger partial charge in [0.1, 0.15) is 23.2 Å². The van der Waals surface area contributed by atoms with Gasteiger partial charge in [0.05, 0.1) is 11.3 Å². The number of aliphatic hydroxyl groups excluding tert-OH is 1. The zero-order valence-corrected chi connectivity index (χ0v) is 16.8. The lowest BCUT2D eigenvalue weighted by Crippen LogP contribution is -2.22.